The average Bonchev–Trinajstić information content (AvgIpc) is 3.14. The van der Waals surface area contributed by atoms with Gasteiger partial charge in [0.2, 0.25) is 0 Å². The first-order chi connectivity index (χ1) is 15.9. The summed E-state index contributed by atoms with van der Waals surface area (Å²) in [4.78, 5) is 27.0. The summed E-state index contributed by atoms with van der Waals surface area (Å²) in [6.45, 7) is 3.45. The Morgan fingerprint density at radius 1 is 1.18 bits per heavy atom. The first kappa shape index (κ1) is 21.6. The highest BCUT2D eigenvalue weighted by Gasteiger charge is 2.17. The lowest BCUT2D eigenvalue weighted by Gasteiger charge is -2.08. The summed E-state index contributed by atoms with van der Waals surface area (Å²) >= 11 is 0. The lowest BCUT2D eigenvalue weighted by Crippen LogP contribution is -2.24. The van der Waals surface area contributed by atoms with Gasteiger partial charge in [-0.3, -0.25) is 14.9 Å². The van der Waals surface area contributed by atoms with Crippen molar-refractivity contribution < 1.29 is 14.5 Å². The number of carbonyl (C=O) groups excluding carboxylic acids is 1. The molecule has 4 rings (SSSR count). The lowest BCUT2D eigenvalue weighted by molar-refractivity contribution is -0.384. The highest BCUT2D eigenvalue weighted by atomic mass is 16.6. The number of nitro benzene ring substituents is 1. The first-order valence-electron chi connectivity index (χ1n) is 10.0. The molecule has 0 aliphatic carbocycles. The zero-order chi connectivity index (χ0) is 23.4. The molecule has 0 unspecified atom stereocenters. The van der Waals surface area contributed by atoms with E-state index in [2.05, 4.69) is 20.6 Å². The zero-order valence-corrected chi connectivity index (χ0v) is 17.9. The fourth-order valence-corrected chi connectivity index (χ4v) is 3.27. The second-order valence-corrected chi connectivity index (χ2v) is 7.22. The number of carbonyl (C=O) groups is 1. The van der Waals surface area contributed by atoms with Crippen LogP contribution in [0.5, 0.6) is 5.75 Å². The zero-order valence-electron chi connectivity index (χ0n) is 17.9. The number of hydrogen-bond donors (Lipinski definition) is 1. The average molecular weight is 444 g/mol. The molecule has 2 heterocycles. The van der Waals surface area contributed by atoms with E-state index in [9.17, 15) is 14.9 Å². The predicted octanol–water partition coefficient (Wildman–Crippen LogP) is 3.47. The van der Waals surface area contributed by atoms with E-state index in [1.807, 2.05) is 44.2 Å². The van der Waals surface area contributed by atoms with Gasteiger partial charge in [-0.15, -0.1) is 0 Å². The molecule has 1 N–H and O–H groups in total. The molecule has 0 aliphatic heterocycles. The van der Waals surface area contributed by atoms with Gasteiger partial charge < -0.3 is 4.74 Å². The van der Waals surface area contributed by atoms with Gasteiger partial charge in [-0.1, -0.05) is 18.2 Å². The number of pyridine rings is 1. The van der Waals surface area contributed by atoms with Crippen LogP contribution in [0.15, 0.2) is 65.8 Å². The molecule has 4 aromatic rings. The number of amides is 1. The monoisotopic (exact) mass is 444 g/mol. The number of fused-ring (bicyclic) bond motifs is 1. The quantitative estimate of drug-likeness (QED) is 0.264. The Hall–Kier alpha value is -4.60. The SMILES string of the molecule is Cc1cc(OCC(=O)N/N=C/c2ccc([N+](=O)[O-])cc2)c2c(C)nn(-c3ccccc3)c2n1. The fraction of sp³-hybridized carbons (Fsp3) is 0.130. The molecule has 0 saturated heterocycles. The molecule has 33 heavy (non-hydrogen) atoms. The van der Waals surface area contributed by atoms with Crippen molar-refractivity contribution in [1.29, 1.82) is 0 Å². The molecule has 10 nitrogen and oxygen atoms in total. The third-order valence-electron chi connectivity index (χ3n) is 4.77. The normalized spacial score (nSPS) is 11.1. The topological polar surface area (TPSA) is 125 Å². The van der Waals surface area contributed by atoms with E-state index < -0.39 is 10.8 Å². The van der Waals surface area contributed by atoms with Crippen molar-refractivity contribution in [2.75, 3.05) is 6.61 Å². The number of nitrogens with zero attached hydrogens (tertiary/aromatic N) is 5. The fourth-order valence-electron chi connectivity index (χ4n) is 3.27. The van der Waals surface area contributed by atoms with Gasteiger partial charge in [-0.05, 0) is 43.7 Å². The Balaban J connectivity index is 1.46. The van der Waals surface area contributed by atoms with Crippen LogP contribution in [0, 0.1) is 24.0 Å². The molecule has 0 bridgehead atoms. The van der Waals surface area contributed by atoms with Crippen LogP contribution < -0.4 is 10.2 Å². The third kappa shape index (κ3) is 4.85. The standard InChI is InChI=1S/C23H20N6O4/c1-15-12-20(22-16(2)27-28(23(22)25-15)18-6-4-3-5-7-18)33-14-21(30)26-24-13-17-8-10-19(11-9-17)29(31)32/h3-13H,14H2,1-2H3,(H,26,30)/b24-13+. The molecular formula is C23H20N6O4. The molecule has 10 heteroatoms. The van der Waals surface area contributed by atoms with E-state index in [1.54, 1.807) is 10.7 Å². The van der Waals surface area contributed by atoms with Gasteiger partial charge in [0.1, 0.15) is 5.75 Å². The van der Waals surface area contributed by atoms with Crippen molar-refractivity contribution in [1.82, 2.24) is 20.2 Å². The highest BCUT2D eigenvalue weighted by Crippen LogP contribution is 2.30. The Morgan fingerprint density at radius 2 is 1.91 bits per heavy atom. The number of hydrazone groups is 1. The molecule has 0 aliphatic rings. The lowest BCUT2D eigenvalue weighted by atomic mass is 10.2. The van der Waals surface area contributed by atoms with Crippen LogP contribution >= 0.6 is 0 Å². The van der Waals surface area contributed by atoms with Crippen LogP contribution in [0.2, 0.25) is 0 Å². The molecule has 0 spiro atoms. The number of hydrogen-bond acceptors (Lipinski definition) is 7. The van der Waals surface area contributed by atoms with Crippen molar-refractivity contribution >= 4 is 28.8 Å². The van der Waals surface area contributed by atoms with Crippen LogP contribution in [-0.4, -0.2) is 38.4 Å². The highest BCUT2D eigenvalue weighted by molar-refractivity contribution is 5.87. The van der Waals surface area contributed by atoms with Gasteiger partial charge in [0.25, 0.3) is 11.6 Å². The van der Waals surface area contributed by atoms with E-state index in [1.165, 1.54) is 30.5 Å². The van der Waals surface area contributed by atoms with Gasteiger partial charge in [0.15, 0.2) is 12.3 Å². The number of ether oxygens (including phenoxy) is 1. The molecule has 0 atom stereocenters. The summed E-state index contributed by atoms with van der Waals surface area (Å²) in [5, 5.41) is 19.9. The summed E-state index contributed by atoms with van der Waals surface area (Å²) < 4.78 is 7.53. The van der Waals surface area contributed by atoms with E-state index in [-0.39, 0.29) is 12.3 Å². The van der Waals surface area contributed by atoms with Crippen LogP contribution in [0.3, 0.4) is 0 Å². The van der Waals surface area contributed by atoms with Gasteiger partial charge in [0.05, 0.1) is 27.9 Å². The molecule has 0 fully saturated rings. The van der Waals surface area contributed by atoms with E-state index in [4.69, 9.17) is 4.74 Å². The van der Waals surface area contributed by atoms with Crippen molar-refractivity contribution in [3.63, 3.8) is 0 Å². The van der Waals surface area contributed by atoms with Crippen molar-refractivity contribution in [2.45, 2.75) is 13.8 Å². The Morgan fingerprint density at radius 3 is 2.61 bits per heavy atom. The Kier molecular flexibility index (Phi) is 6.07. The maximum atomic E-state index is 12.2. The number of nitro groups is 1. The maximum absolute atomic E-state index is 12.2. The number of para-hydroxylation sites is 1. The number of aromatic nitrogens is 3. The van der Waals surface area contributed by atoms with E-state index in [0.717, 1.165) is 22.5 Å². The minimum absolute atomic E-state index is 0.0191. The van der Waals surface area contributed by atoms with Crippen LogP contribution in [0.1, 0.15) is 17.0 Å². The molecule has 1 amide bonds. The van der Waals surface area contributed by atoms with Gasteiger partial charge in [-0.2, -0.15) is 10.2 Å². The van der Waals surface area contributed by atoms with Crippen molar-refractivity contribution in [3.05, 3.63) is 87.7 Å². The number of nitrogens with one attached hydrogen (secondary N) is 1. The van der Waals surface area contributed by atoms with E-state index in [0.29, 0.717) is 17.0 Å². The van der Waals surface area contributed by atoms with Gasteiger partial charge in [0, 0.05) is 23.9 Å². The van der Waals surface area contributed by atoms with Crippen molar-refractivity contribution in [3.8, 4) is 11.4 Å². The van der Waals surface area contributed by atoms with Gasteiger partial charge >= 0.3 is 0 Å². The maximum Gasteiger partial charge on any atom is 0.277 e. The molecule has 2 aromatic carbocycles. The molecular weight excluding hydrogens is 424 g/mol. The summed E-state index contributed by atoms with van der Waals surface area (Å²) in [6.07, 6.45) is 1.39. The Bertz CT molecular complexity index is 1350. The second kappa shape index (κ2) is 9.27. The minimum Gasteiger partial charge on any atom is -0.483 e. The number of non-ortho nitro benzene ring substituents is 1. The summed E-state index contributed by atoms with van der Waals surface area (Å²) in [7, 11) is 0. The van der Waals surface area contributed by atoms with Crippen LogP contribution in [-0.2, 0) is 4.79 Å². The Labute approximate surface area is 188 Å². The van der Waals surface area contributed by atoms with Crippen molar-refractivity contribution in [2.24, 2.45) is 5.10 Å². The second-order valence-electron chi connectivity index (χ2n) is 7.22. The predicted molar refractivity (Wildman–Crippen MR) is 123 cm³/mol. The smallest absolute Gasteiger partial charge is 0.277 e. The summed E-state index contributed by atoms with van der Waals surface area (Å²) in [5.41, 5.74) is 5.95. The molecule has 166 valence electrons. The van der Waals surface area contributed by atoms with Gasteiger partial charge in [-0.25, -0.2) is 15.1 Å². The minimum atomic E-state index is -0.483. The van der Waals surface area contributed by atoms with E-state index >= 15 is 0 Å². The molecule has 0 radical (unpaired) electrons. The summed E-state index contributed by atoms with van der Waals surface area (Å²) in [6, 6.07) is 17.2. The van der Waals surface area contributed by atoms with Crippen LogP contribution in [0.25, 0.3) is 16.7 Å². The van der Waals surface area contributed by atoms with Crippen LogP contribution in [0.4, 0.5) is 5.69 Å². The first-order valence-corrected chi connectivity index (χ1v) is 10.0. The molecule has 2 aromatic heterocycles. The number of aryl methyl sites for hydroxylation is 2. The largest absolute Gasteiger partial charge is 0.483 e. The number of benzene rings is 2. The molecule has 0 saturated carbocycles. The third-order valence-corrected chi connectivity index (χ3v) is 4.77. The number of rotatable bonds is 7. The summed E-state index contributed by atoms with van der Waals surface area (Å²) in [5.74, 6) is 0.0514.